The van der Waals surface area contributed by atoms with Gasteiger partial charge in [0.15, 0.2) is 11.7 Å². The Morgan fingerprint density at radius 1 is 0.722 bits per heavy atom. The summed E-state index contributed by atoms with van der Waals surface area (Å²) in [6.07, 6.45) is -8.95. The first-order chi connectivity index (χ1) is 16.6. The molecule has 1 aliphatic heterocycles. The van der Waals surface area contributed by atoms with Gasteiger partial charge in [0.1, 0.15) is 24.4 Å². The molecule has 0 amide bonds. The normalized spacial score (nSPS) is 26.2. The van der Waals surface area contributed by atoms with Crippen LogP contribution in [0.15, 0.2) is 0 Å². The van der Waals surface area contributed by atoms with Crippen molar-refractivity contribution >= 4 is 15.2 Å². The van der Waals surface area contributed by atoms with E-state index in [1.54, 1.807) is 55.4 Å². The molecule has 1 heterocycles. The molecule has 0 aromatic carbocycles. The van der Waals surface area contributed by atoms with Crippen LogP contribution in [0.25, 0.3) is 0 Å². The molecule has 0 bridgehead atoms. The van der Waals surface area contributed by atoms with E-state index in [4.69, 9.17) is 27.6 Å². The van der Waals surface area contributed by atoms with Gasteiger partial charge in [-0.2, -0.15) is 0 Å². The van der Waals surface area contributed by atoms with E-state index in [-0.39, 0.29) is 19.4 Å². The molecule has 36 heavy (non-hydrogen) atoms. The molecule has 0 spiro atoms. The molecule has 12 nitrogen and oxygen atoms in total. The number of ether oxygens (including phenoxy) is 2. The molecule has 5 atom stereocenters. The molecule has 1 saturated heterocycles. The smallest absolute Gasteiger partial charge is 0.346 e. The van der Waals surface area contributed by atoms with E-state index in [1.165, 1.54) is 0 Å². The van der Waals surface area contributed by atoms with Gasteiger partial charge < -0.3 is 48.0 Å². The summed E-state index contributed by atoms with van der Waals surface area (Å²) in [6, 6.07) is 0. The fourth-order valence-electron chi connectivity index (χ4n) is 3.67. The van der Waals surface area contributed by atoms with Crippen LogP contribution in [0.4, 0.5) is 0 Å². The Labute approximate surface area is 214 Å². The van der Waals surface area contributed by atoms with Gasteiger partial charge >= 0.3 is 15.2 Å². The summed E-state index contributed by atoms with van der Waals surface area (Å²) in [7, 11) is -8.10. The van der Waals surface area contributed by atoms with E-state index in [0.29, 0.717) is 0 Å². The molecule has 5 unspecified atom stereocenters. The predicted molar refractivity (Wildman–Crippen MR) is 133 cm³/mol. The van der Waals surface area contributed by atoms with Crippen LogP contribution in [0.1, 0.15) is 68.2 Å². The van der Waals surface area contributed by atoms with E-state index >= 15 is 0 Å². The standard InChI is InChI=1S/C22H46O12P2/c1-13(2)31-35(27,32-14(3)4)18(36(28,33-15(5)6)34-16(7)8)10-9-11-29-22-21(26)20(25)19(24)17(12-23)30-22/h13-26H,9-12H2,1-8H3. The van der Waals surface area contributed by atoms with Gasteiger partial charge in [-0.3, -0.25) is 9.13 Å². The SMILES string of the molecule is CC(C)OP(=O)(OC(C)C)C(CCCOC1OC(CO)C(O)C(O)C1O)P(=O)(OC(C)C)OC(C)C. The van der Waals surface area contributed by atoms with Gasteiger partial charge in [-0.15, -0.1) is 0 Å². The molecule has 216 valence electrons. The summed E-state index contributed by atoms with van der Waals surface area (Å²) in [5.74, 6) is 0. The Morgan fingerprint density at radius 2 is 1.14 bits per heavy atom. The maximum Gasteiger partial charge on any atom is 0.346 e. The van der Waals surface area contributed by atoms with E-state index in [2.05, 4.69) is 0 Å². The minimum Gasteiger partial charge on any atom is -0.394 e. The van der Waals surface area contributed by atoms with Crippen molar-refractivity contribution in [1.82, 2.24) is 0 Å². The number of rotatable bonds is 16. The zero-order chi connectivity index (χ0) is 27.8. The fourth-order valence-corrected chi connectivity index (χ4v) is 9.71. The summed E-state index contributed by atoms with van der Waals surface area (Å²) < 4.78 is 62.0. The number of aliphatic hydroxyl groups is 4. The van der Waals surface area contributed by atoms with Crippen LogP contribution >= 0.6 is 15.2 Å². The van der Waals surface area contributed by atoms with Crippen molar-refractivity contribution in [3.8, 4) is 0 Å². The summed E-state index contributed by atoms with van der Waals surface area (Å²) in [4.78, 5) is 0. The van der Waals surface area contributed by atoms with Crippen molar-refractivity contribution in [3.63, 3.8) is 0 Å². The maximum atomic E-state index is 14.1. The summed E-state index contributed by atoms with van der Waals surface area (Å²) >= 11 is 0. The average Bonchev–Trinajstić information content (AvgIpc) is 2.70. The molecule has 0 aromatic heterocycles. The van der Waals surface area contributed by atoms with E-state index in [9.17, 15) is 29.6 Å². The third-order valence-electron chi connectivity index (χ3n) is 4.90. The van der Waals surface area contributed by atoms with E-state index in [0.717, 1.165) is 0 Å². The lowest BCUT2D eigenvalue weighted by Gasteiger charge is -2.39. The molecule has 0 aromatic rings. The van der Waals surface area contributed by atoms with Crippen LogP contribution < -0.4 is 0 Å². The van der Waals surface area contributed by atoms with Gasteiger partial charge in [0.2, 0.25) is 0 Å². The summed E-state index contributed by atoms with van der Waals surface area (Å²) in [6.45, 7) is 12.8. The first-order valence-corrected chi connectivity index (χ1v) is 15.6. The van der Waals surface area contributed by atoms with Gasteiger partial charge in [0.25, 0.3) is 0 Å². The second-order valence-electron chi connectivity index (χ2n) is 9.89. The van der Waals surface area contributed by atoms with Crippen LogP contribution in [0.2, 0.25) is 0 Å². The lowest BCUT2D eigenvalue weighted by atomic mass is 9.99. The second-order valence-corrected chi connectivity index (χ2v) is 14.5. The van der Waals surface area contributed by atoms with Gasteiger partial charge in [0, 0.05) is 6.61 Å². The topological polar surface area (TPSA) is 170 Å². The van der Waals surface area contributed by atoms with E-state index in [1.807, 2.05) is 0 Å². The lowest BCUT2D eigenvalue weighted by Crippen LogP contribution is -2.59. The number of hydrogen-bond acceptors (Lipinski definition) is 12. The molecule has 0 radical (unpaired) electrons. The van der Waals surface area contributed by atoms with Crippen molar-refractivity contribution in [2.24, 2.45) is 0 Å². The quantitative estimate of drug-likeness (QED) is 0.160. The minimum atomic E-state index is -4.05. The Bertz CT molecular complexity index is 664. The molecule has 0 saturated carbocycles. The van der Waals surface area contributed by atoms with E-state index < -0.39 is 82.3 Å². The highest BCUT2D eigenvalue weighted by atomic mass is 31.2. The van der Waals surface area contributed by atoms with Gasteiger partial charge in [-0.05, 0) is 68.2 Å². The second kappa shape index (κ2) is 15.0. The van der Waals surface area contributed by atoms with Crippen molar-refractivity contribution in [2.45, 2.75) is 129 Å². The van der Waals surface area contributed by atoms with Crippen LogP contribution in [-0.2, 0) is 36.7 Å². The predicted octanol–water partition coefficient (Wildman–Crippen LogP) is 3.00. The summed E-state index contributed by atoms with van der Waals surface area (Å²) in [5, 5.41) is 38.1. The van der Waals surface area contributed by atoms with Gasteiger partial charge in [-0.25, -0.2) is 0 Å². The third-order valence-corrected chi connectivity index (χ3v) is 11.4. The molecule has 1 rings (SSSR count). The first-order valence-electron chi connectivity index (χ1n) is 12.4. The third kappa shape index (κ3) is 9.98. The van der Waals surface area contributed by atoms with Crippen molar-refractivity contribution < 1.29 is 57.1 Å². The summed E-state index contributed by atoms with van der Waals surface area (Å²) in [5.41, 5.74) is 0. The molecule has 14 heteroatoms. The average molecular weight is 565 g/mol. The highest BCUT2D eigenvalue weighted by Crippen LogP contribution is 2.73. The van der Waals surface area contributed by atoms with Crippen LogP contribution in [0.3, 0.4) is 0 Å². The fraction of sp³-hybridized carbons (Fsp3) is 1.00. The van der Waals surface area contributed by atoms with Crippen molar-refractivity contribution in [3.05, 3.63) is 0 Å². The minimum absolute atomic E-state index is 0.00907. The van der Waals surface area contributed by atoms with Crippen molar-refractivity contribution in [1.29, 1.82) is 0 Å². The Balaban J connectivity index is 3.16. The monoisotopic (exact) mass is 564 g/mol. The molecular formula is C22H46O12P2. The van der Waals surface area contributed by atoms with Crippen LogP contribution in [0.5, 0.6) is 0 Å². The van der Waals surface area contributed by atoms with Crippen LogP contribution in [-0.4, -0.2) is 94.2 Å². The largest absolute Gasteiger partial charge is 0.394 e. The number of aliphatic hydroxyl groups excluding tert-OH is 4. The molecule has 1 aliphatic rings. The lowest BCUT2D eigenvalue weighted by molar-refractivity contribution is -0.301. The Hall–Kier alpha value is 0.0600. The molecular weight excluding hydrogens is 518 g/mol. The number of hydrogen-bond donors (Lipinski definition) is 4. The highest BCUT2D eigenvalue weighted by Gasteiger charge is 2.52. The zero-order valence-electron chi connectivity index (χ0n) is 22.6. The van der Waals surface area contributed by atoms with Crippen LogP contribution in [0, 0.1) is 0 Å². The Morgan fingerprint density at radius 3 is 1.50 bits per heavy atom. The highest BCUT2D eigenvalue weighted by molar-refractivity contribution is 7.72. The molecule has 0 aliphatic carbocycles. The molecule has 1 fully saturated rings. The molecule has 4 N–H and O–H groups in total. The van der Waals surface area contributed by atoms with Gasteiger partial charge in [0.05, 0.1) is 31.0 Å². The maximum absolute atomic E-state index is 14.1. The zero-order valence-corrected chi connectivity index (χ0v) is 24.3. The first kappa shape index (κ1) is 34.1. The Kier molecular flexibility index (Phi) is 14.2. The van der Waals surface area contributed by atoms with Gasteiger partial charge in [-0.1, -0.05) is 0 Å². The van der Waals surface area contributed by atoms with Crippen molar-refractivity contribution in [2.75, 3.05) is 13.2 Å².